The molecule has 1 amide bonds. The van der Waals surface area contributed by atoms with Crippen molar-refractivity contribution < 1.29 is 14.7 Å². The average Bonchev–Trinajstić information content (AvgIpc) is 2.81. The highest BCUT2D eigenvalue weighted by atomic mass is 32.2. The van der Waals surface area contributed by atoms with Crippen LogP contribution in [0.5, 0.6) is 0 Å². The second kappa shape index (κ2) is 6.14. The van der Waals surface area contributed by atoms with Crippen molar-refractivity contribution in [3.8, 4) is 0 Å². The van der Waals surface area contributed by atoms with E-state index in [0.717, 1.165) is 33.0 Å². The van der Waals surface area contributed by atoms with Crippen LogP contribution in [0.2, 0.25) is 0 Å². The number of nitrogens with zero attached hydrogens (tertiary/aromatic N) is 1. The number of carbonyl (C=O) groups is 2. The molecule has 0 aromatic heterocycles. The molecule has 0 unspecified atom stereocenters. The summed E-state index contributed by atoms with van der Waals surface area (Å²) in [5.74, 6) is -1.72. The molecule has 0 saturated carbocycles. The van der Waals surface area contributed by atoms with Gasteiger partial charge in [-0.25, -0.2) is 0 Å². The molecule has 1 atom stereocenters. The molecule has 0 spiro atoms. The quantitative estimate of drug-likeness (QED) is 0.632. The first-order valence-corrected chi connectivity index (χ1v) is 8.17. The Morgan fingerprint density at radius 2 is 1.96 bits per heavy atom. The second-order valence-electron chi connectivity index (χ2n) is 5.12. The number of hydrogen-bond acceptors (Lipinski definition) is 5. The van der Waals surface area contributed by atoms with Gasteiger partial charge >= 0.3 is 0 Å². The van der Waals surface area contributed by atoms with Crippen LogP contribution in [-0.4, -0.2) is 27.1 Å². The van der Waals surface area contributed by atoms with Crippen LogP contribution in [-0.2, 0) is 9.59 Å². The summed E-state index contributed by atoms with van der Waals surface area (Å²) < 4.78 is 0.234. The summed E-state index contributed by atoms with van der Waals surface area (Å²) in [6.07, 6.45) is 1.75. The van der Waals surface area contributed by atoms with E-state index in [4.69, 9.17) is 12.2 Å². The van der Waals surface area contributed by atoms with Crippen molar-refractivity contribution in [2.45, 2.75) is 13.0 Å². The molecule has 0 radical (unpaired) electrons. The number of carboxylic acids is 1. The lowest BCUT2D eigenvalue weighted by Gasteiger charge is -2.23. The summed E-state index contributed by atoms with van der Waals surface area (Å²) in [5, 5.41) is 13.1. The summed E-state index contributed by atoms with van der Waals surface area (Å²) in [7, 11) is 0. The number of carbonyl (C=O) groups excluding carboxylic acids is 2. The van der Waals surface area contributed by atoms with E-state index < -0.39 is 17.9 Å². The Morgan fingerprint density at radius 3 is 2.70 bits per heavy atom. The maximum atomic E-state index is 12.5. The van der Waals surface area contributed by atoms with Gasteiger partial charge < -0.3 is 9.90 Å². The maximum Gasteiger partial charge on any atom is 0.266 e. The highest BCUT2D eigenvalue weighted by Crippen LogP contribution is 2.34. The minimum absolute atomic E-state index is 0.234. The summed E-state index contributed by atoms with van der Waals surface area (Å²) in [4.78, 5) is 25.0. The smallest absolute Gasteiger partial charge is 0.266 e. The Hall–Kier alpha value is -2.18. The molecule has 116 valence electrons. The second-order valence-corrected chi connectivity index (χ2v) is 6.79. The van der Waals surface area contributed by atoms with E-state index in [1.54, 1.807) is 6.08 Å². The van der Waals surface area contributed by atoms with Gasteiger partial charge in [0.05, 0.1) is 16.9 Å². The molecule has 4 nitrogen and oxygen atoms in total. The molecule has 6 heteroatoms. The van der Waals surface area contributed by atoms with Gasteiger partial charge in [0.1, 0.15) is 4.32 Å². The van der Waals surface area contributed by atoms with Crippen LogP contribution in [0.15, 0.2) is 47.4 Å². The minimum Gasteiger partial charge on any atom is -0.548 e. The third-order valence-electron chi connectivity index (χ3n) is 3.66. The summed E-state index contributed by atoms with van der Waals surface area (Å²) >= 11 is 6.25. The number of fused-ring (bicyclic) bond motifs is 1. The number of amides is 1. The van der Waals surface area contributed by atoms with Gasteiger partial charge in [-0.1, -0.05) is 66.4 Å². The zero-order chi connectivity index (χ0) is 16.6. The molecule has 23 heavy (non-hydrogen) atoms. The van der Waals surface area contributed by atoms with Crippen LogP contribution in [0.1, 0.15) is 12.5 Å². The number of aliphatic carboxylic acids is 1. The molecule has 1 heterocycles. The number of hydrogen-bond donors (Lipinski definition) is 0. The Kier molecular flexibility index (Phi) is 4.19. The molecular weight excluding hydrogens is 330 g/mol. The molecule has 2 aromatic rings. The van der Waals surface area contributed by atoms with Gasteiger partial charge in [-0.3, -0.25) is 9.69 Å². The highest BCUT2D eigenvalue weighted by Gasteiger charge is 2.35. The number of thioether (sulfide) groups is 1. The molecule has 2 aromatic carbocycles. The fourth-order valence-corrected chi connectivity index (χ4v) is 3.85. The SMILES string of the molecule is C[C@H](C(=O)[O-])N1C(=O)/C(=C\c2cccc3ccccc23)SC1=S. The molecule has 0 aliphatic carbocycles. The number of carboxylic acid groups (broad SMARTS) is 1. The lowest BCUT2D eigenvalue weighted by atomic mass is 10.0. The van der Waals surface area contributed by atoms with Crippen LogP contribution >= 0.6 is 24.0 Å². The normalized spacial score (nSPS) is 18.0. The molecule has 0 bridgehead atoms. The van der Waals surface area contributed by atoms with Crippen LogP contribution in [0.3, 0.4) is 0 Å². The topological polar surface area (TPSA) is 60.4 Å². The fraction of sp³-hybridized carbons (Fsp3) is 0.118. The van der Waals surface area contributed by atoms with Gasteiger partial charge in [0.25, 0.3) is 5.91 Å². The first-order chi connectivity index (χ1) is 11.0. The average molecular weight is 342 g/mol. The van der Waals surface area contributed by atoms with Gasteiger partial charge in [-0.05, 0) is 29.3 Å². The van der Waals surface area contributed by atoms with Crippen molar-refractivity contribution in [3.63, 3.8) is 0 Å². The van der Waals surface area contributed by atoms with Gasteiger partial charge in [0.15, 0.2) is 0 Å². The molecule has 1 saturated heterocycles. The summed E-state index contributed by atoms with van der Waals surface area (Å²) in [5.41, 5.74) is 0.893. The van der Waals surface area contributed by atoms with E-state index in [1.807, 2.05) is 42.5 Å². The predicted octanol–water partition coefficient (Wildman–Crippen LogP) is 2.18. The van der Waals surface area contributed by atoms with Gasteiger partial charge in [0.2, 0.25) is 0 Å². The van der Waals surface area contributed by atoms with Crippen molar-refractivity contribution in [3.05, 3.63) is 52.9 Å². The fourth-order valence-electron chi connectivity index (χ4n) is 2.44. The molecule has 1 aliphatic heterocycles. The monoisotopic (exact) mass is 342 g/mol. The summed E-state index contributed by atoms with van der Waals surface area (Å²) in [6, 6.07) is 12.6. The molecule has 1 aliphatic rings. The van der Waals surface area contributed by atoms with Crippen molar-refractivity contribution in [1.29, 1.82) is 0 Å². The minimum atomic E-state index is -1.33. The molecule has 1 fully saturated rings. The third-order valence-corrected chi connectivity index (χ3v) is 4.99. The van der Waals surface area contributed by atoms with Crippen molar-refractivity contribution in [2.24, 2.45) is 0 Å². The largest absolute Gasteiger partial charge is 0.548 e. The number of benzene rings is 2. The van der Waals surface area contributed by atoms with Crippen LogP contribution in [0, 0.1) is 0 Å². The standard InChI is InChI=1S/C17H13NO3S2/c1-10(16(20)21)18-15(19)14(23-17(18)22)9-12-7-4-6-11-5-2-3-8-13(11)12/h2-10H,1H3,(H,20,21)/p-1/b14-9+/t10-/m1/s1. The van der Waals surface area contributed by atoms with Gasteiger partial charge in [-0.15, -0.1) is 0 Å². The number of thiocarbonyl (C=S) groups is 1. The third kappa shape index (κ3) is 2.87. The Morgan fingerprint density at radius 1 is 1.26 bits per heavy atom. The van der Waals surface area contributed by atoms with Gasteiger partial charge in [0, 0.05) is 0 Å². The maximum absolute atomic E-state index is 12.5. The molecule has 0 N–H and O–H groups in total. The lowest BCUT2D eigenvalue weighted by molar-refractivity contribution is -0.309. The first-order valence-electron chi connectivity index (χ1n) is 6.94. The van der Waals surface area contributed by atoms with E-state index in [2.05, 4.69) is 0 Å². The molecular formula is C17H12NO3S2-. The van der Waals surface area contributed by atoms with Crippen molar-refractivity contribution in [1.82, 2.24) is 4.90 Å². The Labute approximate surface area is 142 Å². The lowest BCUT2D eigenvalue weighted by Crippen LogP contribution is -2.48. The highest BCUT2D eigenvalue weighted by molar-refractivity contribution is 8.26. The Bertz CT molecular complexity index is 855. The van der Waals surface area contributed by atoms with E-state index in [0.29, 0.717) is 4.91 Å². The van der Waals surface area contributed by atoms with E-state index in [-0.39, 0.29) is 4.32 Å². The Balaban J connectivity index is 2.02. The van der Waals surface area contributed by atoms with Crippen molar-refractivity contribution in [2.75, 3.05) is 0 Å². The van der Waals surface area contributed by atoms with Crippen LogP contribution in [0.4, 0.5) is 0 Å². The molecule has 3 rings (SSSR count). The van der Waals surface area contributed by atoms with E-state index in [1.165, 1.54) is 6.92 Å². The van der Waals surface area contributed by atoms with Crippen LogP contribution < -0.4 is 5.11 Å². The van der Waals surface area contributed by atoms with E-state index >= 15 is 0 Å². The van der Waals surface area contributed by atoms with Crippen LogP contribution in [0.25, 0.3) is 16.8 Å². The van der Waals surface area contributed by atoms with E-state index in [9.17, 15) is 14.7 Å². The first kappa shape index (κ1) is 15.7. The number of rotatable bonds is 3. The zero-order valence-electron chi connectivity index (χ0n) is 12.2. The zero-order valence-corrected chi connectivity index (χ0v) is 13.8. The predicted molar refractivity (Wildman–Crippen MR) is 93.4 cm³/mol. The van der Waals surface area contributed by atoms with Crippen molar-refractivity contribution >= 4 is 57.0 Å². The van der Waals surface area contributed by atoms with Gasteiger partial charge in [-0.2, -0.15) is 0 Å². The summed E-state index contributed by atoms with van der Waals surface area (Å²) in [6.45, 7) is 1.39.